The van der Waals surface area contributed by atoms with E-state index in [0.29, 0.717) is 23.9 Å². The highest BCUT2D eigenvalue weighted by Crippen LogP contribution is 2.38. The van der Waals surface area contributed by atoms with E-state index in [1.807, 2.05) is 6.07 Å². The van der Waals surface area contributed by atoms with Crippen molar-refractivity contribution in [1.82, 2.24) is 4.57 Å². The molecule has 0 N–H and O–H groups in total. The standard InChI is InChI=1S/C20H24BrNO5S/c1-12(23)15-9-14(21)10-16-17(13-5-7-28(25,26)8-6-13)11-22(18(15)16)19(24)27-20(2,3)4/h9-11,13H,5-8H2,1-4H3. The van der Waals surface area contributed by atoms with Crippen LogP contribution in [0.15, 0.2) is 22.8 Å². The van der Waals surface area contributed by atoms with Crippen LogP contribution in [0.4, 0.5) is 4.79 Å². The number of nitrogens with zero attached hydrogens (tertiary/aromatic N) is 1. The zero-order valence-corrected chi connectivity index (χ0v) is 18.8. The number of Topliss-reactive ketones (excluding diaryl/α,β-unsaturated/α-hetero) is 1. The Kier molecular flexibility index (Phi) is 5.49. The van der Waals surface area contributed by atoms with Gasteiger partial charge in [-0.2, -0.15) is 0 Å². The van der Waals surface area contributed by atoms with Gasteiger partial charge in [0, 0.05) is 21.6 Å². The minimum Gasteiger partial charge on any atom is -0.443 e. The zero-order chi connectivity index (χ0) is 20.9. The van der Waals surface area contributed by atoms with Crippen LogP contribution in [0.1, 0.15) is 62.4 Å². The van der Waals surface area contributed by atoms with Gasteiger partial charge in [0.1, 0.15) is 15.4 Å². The van der Waals surface area contributed by atoms with E-state index >= 15 is 0 Å². The number of hydrogen-bond donors (Lipinski definition) is 0. The molecule has 1 aliphatic rings. The molecule has 0 spiro atoms. The van der Waals surface area contributed by atoms with Gasteiger partial charge in [-0.3, -0.25) is 9.36 Å². The van der Waals surface area contributed by atoms with E-state index in [1.54, 1.807) is 33.0 Å². The number of fused-ring (bicyclic) bond motifs is 1. The largest absolute Gasteiger partial charge is 0.443 e. The van der Waals surface area contributed by atoms with Gasteiger partial charge in [0.05, 0.1) is 17.0 Å². The number of rotatable bonds is 2. The third-order valence-corrected chi connectivity index (χ3v) is 7.03. The smallest absolute Gasteiger partial charge is 0.419 e. The summed E-state index contributed by atoms with van der Waals surface area (Å²) >= 11 is 3.45. The highest BCUT2D eigenvalue weighted by atomic mass is 79.9. The van der Waals surface area contributed by atoms with E-state index in [-0.39, 0.29) is 23.2 Å². The van der Waals surface area contributed by atoms with Crippen molar-refractivity contribution >= 4 is 48.5 Å². The predicted molar refractivity (Wildman–Crippen MR) is 112 cm³/mol. The second kappa shape index (κ2) is 7.30. The van der Waals surface area contributed by atoms with Gasteiger partial charge in [-0.25, -0.2) is 13.2 Å². The maximum Gasteiger partial charge on any atom is 0.419 e. The molecule has 8 heteroatoms. The fourth-order valence-corrected chi connectivity index (χ4v) is 5.55. The number of carbonyl (C=O) groups excluding carboxylic acids is 2. The third-order valence-electron chi connectivity index (χ3n) is 4.86. The van der Waals surface area contributed by atoms with Gasteiger partial charge >= 0.3 is 6.09 Å². The van der Waals surface area contributed by atoms with Crippen LogP contribution in [0.5, 0.6) is 0 Å². The minimum absolute atomic E-state index is 0.00354. The van der Waals surface area contributed by atoms with E-state index in [1.165, 1.54) is 11.5 Å². The van der Waals surface area contributed by atoms with Crippen molar-refractivity contribution in [3.8, 4) is 0 Å². The third kappa shape index (κ3) is 4.33. The lowest BCUT2D eigenvalue weighted by Crippen LogP contribution is -2.27. The Labute approximate surface area is 173 Å². The second-order valence-electron chi connectivity index (χ2n) is 8.27. The molecule has 0 radical (unpaired) electrons. The van der Waals surface area contributed by atoms with E-state index in [2.05, 4.69) is 15.9 Å². The van der Waals surface area contributed by atoms with Gasteiger partial charge < -0.3 is 4.74 Å². The summed E-state index contributed by atoms with van der Waals surface area (Å²) in [7, 11) is -3.00. The molecule has 1 aliphatic heterocycles. The molecule has 1 aromatic heterocycles. The number of ether oxygens (including phenoxy) is 1. The number of aromatic nitrogens is 1. The summed E-state index contributed by atoms with van der Waals surface area (Å²) in [5.41, 5.74) is 1.12. The first kappa shape index (κ1) is 21.0. The van der Waals surface area contributed by atoms with Crippen molar-refractivity contribution in [2.45, 2.75) is 52.1 Å². The first-order chi connectivity index (χ1) is 12.9. The summed E-state index contributed by atoms with van der Waals surface area (Å²) in [6.45, 7) is 6.81. The lowest BCUT2D eigenvalue weighted by atomic mass is 9.92. The Hall–Kier alpha value is -1.67. The number of benzene rings is 1. The number of carbonyl (C=O) groups is 2. The highest BCUT2D eigenvalue weighted by molar-refractivity contribution is 9.10. The number of halogens is 1. The molecule has 0 saturated carbocycles. The fraction of sp³-hybridized carbons (Fsp3) is 0.500. The van der Waals surface area contributed by atoms with Crippen molar-refractivity contribution in [3.63, 3.8) is 0 Å². The van der Waals surface area contributed by atoms with Crippen molar-refractivity contribution in [1.29, 1.82) is 0 Å². The normalized spacial score (nSPS) is 17.6. The Bertz CT molecular complexity index is 1050. The van der Waals surface area contributed by atoms with Gasteiger partial charge in [-0.05, 0) is 64.2 Å². The fourth-order valence-electron chi connectivity index (χ4n) is 3.60. The van der Waals surface area contributed by atoms with Gasteiger partial charge in [0.15, 0.2) is 5.78 Å². The predicted octanol–water partition coefficient (Wildman–Crippen LogP) is 4.68. The van der Waals surface area contributed by atoms with E-state index < -0.39 is 21.5 Å². The lowest BCUT2D eigenvalue weighted by molar-refractivity contribution is 0.0544. The van der Waals surface area contributed by atoms with Gasteiger partial charge in [0.25, 0.3) is 0 Å². The minimum atomic E-state index is -3.00. The summed E-state index contributed by atoms with van der Waals surface area (Å²) in [6.07, 6.45) is 2.15. The van der Waals surface area contributed by atoms with Crippen LogP contribution >= 0.6 is 15.9 Å². The first-order valence-electron chi connectivity index (χ1n) is 9.17. The summed E-state index contributed by atoms with van der Waals surface area (Å²) in [5.74, 6) is 0.102. The maximum absolute atomic E-state index is 12.9. The molecule has 28 heavy (non-hydrogen) atoms. The number of hydrogen-bond acceptors (Lipinski definition) is 5. The van der Waals surface area contributed by atoms with Crippen LogP contribution < -0.4 is 0 Å². The molecule has 0 bridgehead atoms. The van der Waals surface area contributed by atoms with Crippen molar-refractivity contribution in [3.05, 3.63) is 33.9 Å². The van der Waals surface area contributed by atoms with Gasteiger partial charge in [-0.15, -0.1) is 0 Å². The van der Waals surface area contributed by atoms with E-state index in [0.717, 1.165) is 15.4 Å². The Balaban J connectivity index is 2.20. The molecule has 1 fully saturated rings. The van der Waals surface area contributed by atoms with E-state index in [9.17, 15) is 18.0 Å². The second-order valence-corrected chi connectivity index (χ2v) is 11.5. The average molecular weight is 470 g/mol. The Morgan fingerprint density at radius 2 is 1.79 bits per heavy atom. The van der Waals surface area contributed by atoms with Gasteiger partial charge in [-0.1, -0.05) is 15.9 Å². The molecule has 6 nitrogen and oxygen atoms in total. The van der Waals surface area contributed by atoms with Crippen LogP contribution in [0.2, 0.25) is 0 Å². The summed E-state index contributed by atoms with van der Waals surface area (Å²) in [6, 6.07) is 3.57. The summed E-state index contributed by atoms with van der Waals surface area (Å²) in [5, 5.41) is 0.773. The molecule has 152 valence electrons. The zero-order valence-electron chi connectivity index (χ0n) is 16.4. The van der Waals surface area contributed by atoms with Crippen LogP contribution in [-0.4, -0.2) is 42.0 Å². The molecule has 0 unspecified atom stereocenters. The molecular weight excluding hydrogens is 446 g/mol. The number of ketones is 1. The van der Waals surface area contributed by atoms with Crippen LogP contribution in [0.3, 0.4) is 0 Å². The molecule has 0 atom stereocenters. The maximum atomic E-state index is 12.9. The van der Waals surface area contributed by atoms with Crippen molar-refractivity contribution < 1.29 is 22.7 Å². The number of sulfone groups is 1. The highest BCUT2D eigenvalue weighted by Gasteiger charge is 2.30. The lowest BCUT2D eigenvalue weighted by Gasteiger charge is -2.21. The van der Waals surface area contributed by atoms with Gasteiger partial charge in [0.2, 0.25) is 0 Å². The molecular formula is C20H24BrNO5S. The molecule has 3 rings (SSSR count). The summed E-state index contributed by atoms with van der Waals surface area (Å²) in [4.78, 5) is 25.1. The monoisotopic (exact) mass is 469 g/mol. The van der Waals surface area contributed by atoms with E-state index in [4.69, 9.17) is 4.74 Å². The molecule has 2 heterocycles. The van der Waals surface area contributed by atoms with Crippen LogP contribution in [0, 0.1) is 0 Å². The van der Waals surface area contributed by atoms with Crippen LogP contribution in [-0.2, 0) is 14.6 Å². The Morgan fingerprint density at radius 3 is 2.32 bits per heavy atom. The van der Waals surface area contributed by atoms with Crippen molar-refractivity contribution in [2.75, 3.05) is 11.5 Å². The molecule has 1 saturated heterocycles. The molecule has 1 aromatic carbocycles. The quantitative estimate of drug-likeness (QED) is 0.596. The molecule has 0 aliphatic carbocycles. The summed E-state index contributed by atoms with van der Waals surface area (Å²) < 4.78 is 31.3. The van der Waals surface area contributed by atoms with Crippen LogP contribution in [0.25, 0.3) is 10.9 Å². The SMILES string of the molecule is CC(=O)c1cc(Br)cc2c(C3CCS(=O)(=O)CC3)cn(C(=O)OC(C)(C)C)c12. The average Bonchev–Trinajstić information content (AvgIpc) is 2.92. The first-order valence-corrected chi connectivity index (χ1v) is 11.8. The van der Waals surface area contributed by atoms with Crippen molar-refractivity contribution in [2.24, 2.45) is 0 Å². The Morgan fingerprint density at radius 1 is 1.18 bits per heavy atom. The molecule has 0 amide bonds. The molecule has 2 aromatic rings. The topological polar surface area (TPSA) is 82.4 Å².